The SMILES string of the molecule is C=CCN1CCOC2Cc3c(cccc3OC)CC21. The first-order valence-corrected chi connectivity index (χ1v) is 6.94. The van der Waals surface area contributed by atoms with Gasteiger partial charge in [0.15, 0.2) is 0 Å². The lowest BCUT2D eigenvalue weighted by Gasteiger charge is -2.44. The topological polar surface area (TPSA) is 21.7 Å². The molecule has 0 aromatic heterocycles. The highest BCUT2D eigenvalue weighted by atomic mass is 16.5. The summed E-state index contributed by atoms with van der Waals surface area (Å²) >= 11 is 0. The maximum atomic E-state index is 5.98. The number of methoxy groups -OCH3 is 1. The zero-order valence-electron chi connectivity index (χ0n) is 11.5. The first-order valence-electron chi connectivity index (χ1n) is 6.94. The highest BCUT2D eigenvalue weighted by Crippen LogP contribution is 2.34. The Kier molecular flexibility index (Phi) is 3.58. The fourth-order valence-electron chi connectivity index (χ4n) is 3.33. The van der Waals surface area contributed by atoms with E-state index in [1.165, 1.54) is 11.1 Å². The van der Waals surface area contributed by atoms with Crippen molar-refractivity contribution in [3.8, 4) is 5.75 Å². The maximum Gasteiger partial charge on any atom is 0.122 e. The Bertz CT molecular complexity index is 472. The van der Waals surface area contributed by atoms with Crippen LogP contribution in [-0.4, -0.2) is 43.9 Å². The predicted octanol–water partition coefficient (Wildman–Crippen LogP) is 2.05. The van der Waals surface area contributed by atoms with Gasteiger partial charge >= 0.3 is 0 Å². The molecule has 3 heteroatoms. The molecule has 1 aromatic rings. The van der Waals surface area contributed by atoms with Crippen LogP contribution in [0, 0.1) is 0 Å². The van der Waals surface area contributed by atoms with Gasteiger partial charge in [0, 0.05) is 25.6 Å². The lowest BCUT2D eigenvalue weighted by molar-refractivity contribution is -0.0701. The lowest BCUT2D eigenvalue weighted by atomic mass is 9.84. The molecule has 19 heavy (non-hydrogen) atoms. The minimum absolute atomic E-state index is 0.289. The summed E-state index contributed by atoms with van der Waals surface area (Å²) in [6, 6.07) is 6.82. The summed E-state index contributed by atoms with van der Waals surface area (Å²) < 4.78 is 11.5. The summed E-state index contributed by atoms with van der Waals surface area (Å²) in [6.45, 7) is 6.64. The second-order valence-corrected chi connectivity index (χ2v) is 5.27. The summed E-state index contributed by atoms with van der Waals surface area (Å²) in [5, 5.41) is 0. The van der Waals surface area contributed by atoms with Crippen molar-refractivity contribution in [1.82, 2.24) is 4.90 Å². The molecule has 2 aliphatic rings. The van der Waals surface area contributed by atoms with Gasteiger partial charge in [0.25, 0.3) is 0 Å². The molecule has 1 fully saturated rings. The first kappa shape index (κ1) is 12.7. The third-order valence-corrected chi connectivity index (χ3v) is 4.26. The van der Waals surface area contributed by atoms with E-state index in [0.29, 0.717) is 6.04 Å². The fourth-order valence-corrected chi connectivity index (χ4v) is 3.33. The number of nitrogens with zero attached hydrogens (tertiary/aromatic N) is 1. The van der Waals surface area contributed by atoms with E-state index >= 15 is 0 Å². The van der Waals surface area contributed by atoms with Crippen molar-refractivity contribution in [2.24, 2.45) is 0 Å². The fraction of sp³-hybridized carbons (Fsp3) is 0.500. The molecule has 2 atom stereocenters. The average Bonchev–Trinajstić information content (AvgIpc) is 2.45. The van der Waals surface area contributed by atoms with E-state index < -0.39 is 0 Å². The average molecular weight is 259 g/mol. The minimum Gasteiger partial charge on any atom is -0.496 e. The first-order chi connectivity index (χ1) is 9.33. The second kappa shape index (κ2) is 5.35. The quantitative estimate of drug-likeness (QED) is 0.776. The largest absolute Gasteiger partial charge is 0.496 e. The van der Waals surface area contributed by atoms with Crippen LogP contribution in [0.15, 0.2) is 30.9 Å². The van der Waals surface area contributed by atoms with E-state index in [0.717, 1.165) is 38.3 Å². The Hall–Kier alpha value is -1.32. The molecule has 0 saturated carbocycles. The van der Waals surface area contributed by atoms with Gasteiger partial charge in [-0.3, -0.25) is 4.90 Å². The Labute approximate surface area is 114 Å². The zero-order chi connectivity index (χ0) is 13.2. The predicted molar refractivity (Wildman–Crippen MR) is 75.7 cm³/mol. The van der Waals surface area contributed by atoms with Gasteiger partial charge in [0.1, 0.15) is 5.75 Å². The molecule has 2 unspecified atom stereocenters. The molecule has 3 nitrogen and oxygen atoms in total. The number of hydrogen-bond acceptors (Lipinski definition) is 3. The molecule has 1 saturated heterocycles. The van der Waals surface area contributed by atoms with Crippen LogP contribution in [-0.2, 0) is 17.6 Å². The summed E-state index contributed by atoms with van der Waals surface area (Å²) in [5.41, 5.74) is 2.73. The van der Waals surface area contributed by atoms with Gasteiger partial charge in [-0.1, -0.05) is 18.2 Å². The Morgan fingerprint density at radius 3 is 3.16 bits per heavy atom. The summed E-state index contributed by atoms with van der Waals surface area (Å²) in [7, 11) is 1.74. The molecule has 1 aliphatic heterocycles. The highest BCUT2D eigenvalue weighted by molar-refractivity contribution is 5.43. The maximum absolute atomic E-state index is 5.98. The number of fused-ring (bicyclic) bond motifs is 2. The van der Waals surface area contributed by atoms with Crippen LogP contribution in [0.4, 0.5) is 0 Å². The summed E-state index contributed by atoms with van der Waals surface area (Å²) in [4.78, 5) is 2.49. The van der Waals surface area contributed by atoms with E-state index in [9.17, 15) is 0 Å². The third kappa shape index (κ3) is 2.28. The monoisotopic (exact) mass is 259 g/mol. The molecule has 1 heterocycles. The molecular weight excluding hydrogens is 238 g/mol. The highest BCUT2D eigenvalue weighted by Gasteiger charge is 2.36. The van der Waals surface area contributed by atoms with Gasteiger partial charge in [0.2, 0.25) is 0 Å². The molecular formula is C16H21NO2. The molecule has 0 spiro atoms. The van der Waals surface area contributed by atoms with Crippen molar-refractivity contribution in [3.63, 3.8) is 0 Å². The van der Waals surface area contributed by atoms with Crippen molar-refractivity contribution < 1.29 is 9.47 Å². The normalized spacial score (nSPS) is 26.4. The van der Waals surface area contributed by atoms with Crippen molar-refractivity contribution in [2.45, 2.75) is 25.0 Å². The van der Waals surface area contributed by atoms with Crippen LogP contribution < -0.4 is 4.74 Å². The number of rotatable bonds is 3. The van der Waals surface area contributed by atoms with E-state index in [1.807, 2.05) is 12.1 Å². The standard InChI is InChI=1S/C16H21NO2/c1-3-7-17-8-9-19-16-11-13-12(10-14(16)17)5-4-6-15(13)18-2/h3-6,14,16H,1,7-11H2,2H3. The van der Waals surface area contributed by atoms with E-state index in [2.05, 4.69) is 23.6 Å². The van der Waals surface area contributed by atoms with Crippen LogP contribution in [0.2, 0.25) is 0 Å². The molecule has 1 aliphatic carbocycles. The van der Waals surface area contributed by atoms with E-state index in [-0.39, 0.29) is 6.10 Å². The van der Waals surface area contributed by atoms with Gasteiger partial charge < -0.3 is 9.47 Å². The second-order valence-electron chi connectivity index (χ2n) is 5.27. The van der Waals surface area contributed by atoms with Crippen molar-refractivity contribution in [3.05, 3.63) is 42.0 Å². The van der Waals surface area contributed by atoms with Crippen molar-refractivity contribution >= 4 is 0 Å². The molecule has 3 rings (SSSR count). The summed E-state index contributed by atoms with van der Waals surface area (Å²) in [6.07, 6.45) is 4.28. The Morgan fingerprint density at radius 1 is 1.47 bits per heavy atom. The van der Waals surface area contributed by atoms with Crippen molar-refractivity contribution in [2.75, 3.05) is 26.8 Å². The van der Waals surface area contributed by atoms with Gasteiger partial charge in [-0.2, -0.15) is 0 Å². The van der Waals surface area contributed by atoms with Crippen LogP contribution in [0.25, 0.3) is 0 Å². The van der Waals surface area contributed by atoms with Gasteiger partial charge in [-0.15, -0.1) is 6.58 Å². The zero-order valence-corrected chi connectivity index (χ0v) is 11.5. The summed E-state index contributed by atoms with van der Waals surface area (Å²) in [5.74, 6) is 1.00. The Morgan fingerprint density at radius 2 is 2.37 bits per heavy atom. The Balaban J connectivity index is 1.90. The number of ether oxygens (including phenoxy) is 2. The molecule has 102 valence electrons. The van der Waals surface area contributed by atoms with Gasteiger partial charge in [0.05, 0.1) is 19.8 Å². The van der Waals surface area contributed by atoms with Gasteiger partial charge in [-0.05, 0) is 23.6 Å². The van der Waals surface area contributed by atoms with E-state index in [4.69, 9.17) is 9.47 Å². The number of hydrogen-bond donors (Lipinski definition) is 0. The number of benzene rings is 1. The minimum atomic E-state index is 0.289. The van der Waals surface area contributed by atoms with Crippen LogP contribution in [0.5, 0.6) is 5.75 Å². The van der Waals surface area contributed by atoms with Crippen LogP contribution in [0.3, 0.4) is 0 Å². The van der Waals surface area contributed by atoms with E-state index in [1.54, 1.807) is 7.11 Å². The smallest absolute Gasteiger partial charge is 0.122 e. The number of morpholine rings is 1. The molecule has 0 bridgehead atoms. The lowest BCUT2D eigenvalue weighted by Crippen LogP contribution is -2.54. The van der Waals surface area contributed by atoms with Crippen molar-refractivity contribution in [1.29, 1.82) is 0 Å². The third-order valence-electron chi connectivity index (χ3n) is 4.26. The molecule has 0 amide bonds. The molecule has 0 N–H and O–H groups in total. The van der Waals surface area contributed by atoms with Crippen LogP contribution >= 0.6 is 0 Å². The van der Waals surface area contributed by atoms with Gasteiger partial charge in [-0.25, -0.2) is 0 Å². The molecule has 0 radical (unpaired) electrons. The van der Waals surface area contributed by atoms with Crippen LogP contribution in [0.1, 0.15) is 11.1 Å². The molecule has 1 aromatic carbocycles.